The Morgan fingerprint density at radius 2 is 1.75 bits per heavy atom. The van der Waals surface area contributed by atoms with Gasteiger partial charge in [-0.1, -0.05) is 37.6 Å². The number of aliphatic imine (C=N–C) groups is 1. The molecule has 1 aliphatic rings. The molecule has 13 nitrogen and oxygen atoms in total. The molecule has 0 fully saturated rings. The maximum absolute atomic E-state index is 13.3. The highest BCUT2D eigenvalue weighted by Crippen LogP contribution is 2.40. The van der Waals surface area contributed by atoms with Crippen LogP contribution in [0.1, 0.15) is 71.0 Å². The summed E-state index contributed by atoms with van der Waals surface area (Å²) >= 11 is 13.4. The van der Waals surface area contributed by atoms with Gasteiger partial charge < -0.3 is 25.0 Å². The van der Waals surface area contributed by atoms with Crippen molar-refractivity contribution < 1.29 is 24.5 Å². The number of benzene rings is 3. The highest BCUT2D eigenvalue weighted by atomic mass is 35.5. The highest BCUT2D eigenvalue weighted by molar-refractivity contribution is 7.71. The number of carbonyl (C=O) groups excluding carboxylic acids is 1. The van der Waals surface area contributed by atoms with Gasteiger partial charge in [-0.2, -0.15) is 5.10 Å². The molecule has 0 aliphatic carbocycles. The van der Waals surface area contributed by atoms with Crippen LogP contribution in [0, 0.1) is 25.5 Å². The van der Waals surface area contributed by atoms with Crippen LogP contribution in [0.4, 0.5) is 0 Å². The Morgan fingerprint density at radius 1 is 1.00 bits per heavy atom. The van der Waals surface area contributed by atoms with Crippen molar-refractivity contribution in [3.63, 3.8) is 0 Å². The van der Waals surface area contributed by atoms with Crippen molar-refractivity contribution in [3.05, 3.63) is 109 Å². The van der Waals surface area contributed by atoms with Gasteiger partial charge in [0.1, 0.15) is 40.7 Å². The summed E-state index contributed by atoms with van der Waals surface area (Å²) < 4.78 is 15.7. The molecule has 4 N–H and O–H groups in total. The molecule has 1 aliphatic heterocycles. The zero-order valence-corrected chi connectivity index (χ0v) is 33.8. The number of hydrogen-bond donors (Lipinski definition) is 4. The lowest BCUT2D eigenvalue weighted by Crippen LogP contribution is -2.29. The van der Waals surface area contributed by atoms with Crippen molar-refractivity contribution in [3.8, 4) is 39.3 Å². The second kappa shape index (κ2) is 16.4. The molecule has 6 aromatic rings. The second-order valence-electron chi connectivity index (χ2n) is 13.7. The number of rotatable bonds is 13. The average molecular weight is 813 g/mol. The van der Waals surface area contributed by atoms with Crippen molar-refractivity contribution in [1.29, 1.82) is 0 Å². The lowest BCUT2D eigenvalue weighted by atomic mass is 9.98. The number of fused-ring (bicyclic) bond motifs is 3. The molecule has 1 amide bonds. The molecule has 0 unspecified atom stereocenters. The SMILES string of the molecule is Cc1sc2c(c1C)C(c1ccc(Cl)cc1)=N[C@@H](CC(=O)NCCOCCOc1ccc(-n3c(-c4cc(C(C)C)c(O)cc4O)n[nH]c3=S)cc1)c1nnc(C)n1-2. The number of thiophene rings is 1. The number of carbonyl (C=O) groups is 1. The van der Waals surface area contributed by atoms with Crippen molar-refractivity contribution in [2.24, 2.45) is 4.99 Å². The minimum absolute atomic E-state index is 0.0205. The lowest BCUT2D eigenvalue weighted by molar-refractivity contribution is -0.121. The van der Waals surface area contributed by atoms with Gasteiger partial charge in [-0.3, -0.25) is 24.0 Å². The minimum atomic E-state index is -0.559. The molecule has 7 rings (SSSR count). The Balaban J connectivity index is 0.931. The fourth-order valence-corrected chi connectivity index (χ4v) is 8.18. The molecule has 0 bridgehead atoms. The van der Waals surface area contributed by atoms with Gasteiger partial charge in [-0.25, -0.2) is 0 Å². The molecule has 16 heteroatoms. The zero-order chi connectivity index (χ0) is 39.7. The van der Waals surface area contributed by atoms with Crippen LogP contribution in [0.25, 0.3) is 22.1 Å². The first kappa shape index (κ1) is 38.9. The lowest BCUT2D eigenvalue weighted by Gasteiger charge is -2.14. The number of aryl methyl sites for hydroxylation is 2. The standard InChI is InChI=1S/C40H41ClN8O5S2/c1-21(2)29-18-30(33(51)20-32(29)50)37-45-47-40(55)49(37)27-10-12-28(13-11-27)54-17-16-53-15-14-42-34(52)19-31-38-46-44-24(5)48(38)39-35(22(3)23(4)56-39)36(43-31)25-6-8-26(41)9-7-25/h6-13,18,20-21,31,50-51H,14-17,19H2,1-5H3,(H,42,52)(H,47,55)/t31-/m0/s1. The van der Waals surface area contributed by atoms with E-state index in [9.17, 15) is 15.0 Å². The number of aromatic nitrogens is 6. The van der Waals surface area contributed by atoms with Crippen molar-refractivity contribution in [2.75, 3.05) is 26.4 Å². The Hall–Kier alpha value is -5.35. The van der Waals surface area contributed by atoms with E-state index in [-0.39, 0.29) is 29.7 Å². The van der Waals surface area contributed by atoms with E-state index in [0.717, 1.165) is 33.2 Å². The van der Waals surface area contributed by atoms with Gasteiger partial charge in [-0.05, 0) is 92.5 Å². The summed E-state index contributed by atoms with van der Waals surface area (Å²) in [4.78, 5) is 19.6. The first-order valence-electron chi connectivity index (χ1n) is 18.1. The predicted octanol–water partition coefficient (Wildman–Crippen LogP) is 7.85. The van der Waals surface area contributed by atoms with E-state index >= 15 is 0 Å². The molecule has 0 spiro atoms. The highest BCUT2D eigenvalue weighted by Gasteiger charge is 2.32. The van der Waals surface area contributed by atoms with E-state index in [2.05, 4.69) is 39.6 Å². The van der Waals surface area contributed by atoms with Crippen LogP contribution >= 0.6 is 35.2 Å². The smallest absolute Gasteiger partial charge is 0.222 e. The summed E-state index contributed by atoms with van der Waals surface area (Å²) in [7, 11) is 0. The second-order valence-corrected chi connectivity index (χ2v) is 15.7. The molecular weight excluding hydrogens is 772 g/mol. The number of H-pyrrole nitrogens is 1. The number of halogens is 1. The van der Waals surface area contributed by atoms with Crippen LogP contribution in [0.5, 0.6) is 17.2 Å². The number of phenols is 2. The van der Waals surface area contributed by atoms with Crippen molar-refractivity contribution >= 4 is 46.8 Å². The number of aromatic hydroxyl groups is 2. The van der Waals surface area contributed by atoms with E-state index in [4.69, 9.17) is 38.3 Å². The van der Waals surface area contributed by atoms with Crippen LogP contribution in [0.3, 0.4) is 0 Å². The average Bonchev–Trinajstić information content (AvgIpc) is 3.80. The minimum Gasteiger partial charge on any atom is -0.508 e. The molecule has 56 heavy (non-hydrogen) atoms. The summed E-state index contributed by atoms with van der Waals surface area (Å²) in [5, 5.41) is 41.5. The third kappa shape index (κ3) is 7.85. The van der Waals surface area contributed by atoms with Gasteiger partial charge in [0.25, 0.3) is 0 Å². The molecule has 3 aromatic carbocycles. The number of ether oxygens (including phenoxy) is 2. The Bertz CT molecular complexity index is 2490. The number of nitrogens with one attached hydrogen (secondary N) is 2. The van der Waals surface area contributed by atoms with Crippen LogP contribution in [-0.4, -0.2) is 77.7 Å². The van der Waals surface area contributed by atoms with E-state index < -0.39 is 6.04 Å². The zero-order valence-electron chi connectivity index (χ0n) is 31.5. The summed E-state index contributed by atoms with van der Waals surface area (Å²) in [6.07, 6.45) is 0.0853. The van der Waals surface area contributed by atoms with E-state index in [1.807, 2.05) is 73.9 Å². The normalized spacial score (nSPS) is 13.6. The Morgan fingerprint density at radius 3 is 2.48 bits per heavy atom. The largest absolute Gasteiger partial charge is 0.508 e. The molecule has 1 atom stereocenters. The molecule has 0 saturated carbocycles. The number of aromatic amines is 1. The number of amides is 1. The molecule has 0 saturated heterocycles. The third-order valence-electron chi connectivity index (χ3n) is 9.58. The molecule has 4 heterocycles. The summed E-state index contributed by atoms with van der Waals surface area (Å²) in [6, 6.07) is 17.4. The maximum atomic E-state index is 13.3. The van der Waals surface area contributed by atoms with Crippen molar-refractivity contribution in [1.82, 2.24) is 34.8 Å². The van der Waals surface area contributed by atoms with Gasteiger partial charge in [0.15, 0.2) is 16.4 Å². The fourth-order valence-electron chi connectivity index (χ4n) is 6.61. The molecular formula is C40H41ClN8O5S2. The van der Waals surface area contributed by atoms with Crippen LogP contribution in [-0.2, 0) is 9.53 Å². The maximum Gasteiger partial charge on any atom is 0.222 e. The Kier molecular flexibility index (Phi) is 11.4. The van der Waals surface area contributed by atoms with E-state index in [1.165, 1.54) is 10.9 Å². The summed E-state index contributed by atoms with van der Waals surface area (Å²) in [5.41, 5.74) is 5.68. The fraction of sp³-hybridized carbons (Fsp3) is 0.300. The van der Waals surface area contributed by atoms with Crippen molar-refractivity contribution in [2.45, 2.75) is 53.0 Å². The van der Waals surface area contributed by atoms with Gasteiger partial charge in [-0.15, -0.1) is 21.5 Å². The monoisotopic (exact) mass is 812 g/mol. The molecule has 290 valence electrons. The molecule has 0 radical (unpaired) electrons. The first-order chi connectivity index (χ1) is 26.9. The first-order valence-corrected chi connectivity index (χ1v) is 19.7. The number of hydrogen-bond acceptors (Lipinski definition) is 11. The van der Waals surface area contributed by atoms with Gasteiger partial charge in [0.2, 0.25) is 5.91 Å². The van der Waals surface area contributed by atoms with Gasteiger partial charge in [0, 0.05) is 33.6 Å². The van der Waals surface area contributed by atoms with Crippen LogP contribution in [0.2, 0.25) is 5.02 Å². The van der Waals surface area contributed by atoms with E-state index in [1.54, 1.807) is 22.0 Å². The summed E-state index contributed by atoms with van der Waals surface area (Å²) in [5.74, 6) is 2.15. The third-order valence-corrected chi connectivity index (χ3v) is 11.3. The Labute approximate surface area is 337 Å². The number of phenolic OH excluding ortho intramolecular Hbond substituents is 2. The van der Waals surface area contributed by atoms with Gasteiger partial charge >= 0.3 is 0 Å². The van der Waals surface area contributed by atoms with Crippen LogP contribution in [0.15, 0.2) is 65.7 Å². The van der Waals surface area contributed by atoms with Crippen LogP contribution < -0.4 is 10.1 Å². The molecule has 3 aromatic heterocycles. The van der Waals surface area contributed by atoms with E-state index in [0.29, 0.717) is 70.4 Å². The quantitative estimate of drug-likeness (QED) is 0.0672. The summed E-state index contributed by atoms with van der Waals surface area (Å²) in [6.45, 7) is 11.2. The topological polar surface area (TPSA) is 165 Å². The number of nitrogens with zero attached hydrogens (tertiary/aromatic N) is 6. The predicted molar refractivity (Wildman–Crippen MR) is 219 cm³/mol. The van der Waals surface area contributed by atoms with Gasteiger partial charge in [0.05, 0.1) is 36.6 Å².